The number of ether oxygens (including phenoxy) is 2. The minimum absolute atomic E-state index is 0.0320. The first-order valence-corrected chi connectivity index (χ1v) is 10.2. The van der Waals surface area contributed by atoms with Crippen molar-refractivity contribution in [1.29, 1.82) is 0 Å². The Bertz CT molecular complexity index is 1390. The van der Waals surface area contributed by atoms with Crippen LogP contribution in [0.1, 0.15) is 21.7 Å². The maximum Gasteiger partial charge on any atom is 0.248 e. The van der Waals surface area contributed by atoms with Gasteiger partial charge in [-0.3, -0.25) is 9.59 Å². The third-order valence-corrected chi connectivity index (χ3v) is 5.35. The van der Waals surface area contributed by atoms with Crippen molar-refractivity contribution in [3.05, 3.63) is 94.7 Å². The highest BCUT2D eigenvalue weighted by Gasteiger charge is 2.25. The van der Waals surface area contributed by atoms with E-state index in [1.165, 1.54) is 6.08 Å². The fourth-order valence-electron chi connectivity index (χ4n) is 3.44. The second kappa shape index (κ2) is 8.24. The maximum atomic E-state index is 13.3. The van der Waals surface area contributed by atoms with E-state index in [9.17, 15) is 9.59 Å². The van der Waals surface area contributed by atoms with Gasteiger partial charge in [-0.05, 0) is 48.0 Å². The van der Waals surface area contributed by atoms with Crippen molar-refractivity contribution in [1.82, 2.24) is 0 Å². The lowest BCUT2D eigenvalue weighted by atomic mass is 10.1. The molecule has 0 aliphatic carbocycles. The van der Waals surface area contributed by atoms with Crippen LogP contribution in [0, 0.1) is 0 Å². The number of carbonyl (C=O) groups excluding carboxylic acids is 2. The number of hydrogen-bond donors (Lipinski definition) is 1. The molecule has 1 aliphatic heterocycles. The number of benzene rings is 3. The Morgan fingerprint density at radius 3 is 2.59 bits per heavy atom. The number of para-hydroxylation sites is 1. The zero-order valence-electron chi connectivity index (χ0n) is 16.6. The normalized spacial score (nSPS) is 12.4. The van der Waals surface area contributed by atoms with Gasteiger partial charge in [-0.25, -0.2) is 0 Å². The van der Waals surface area contributed by atoms with E-state index in [1.54, 1.807) is 54.6 Å². The molecule has 2 heterocycles. The number of hydrogen-bond acceptors (Lipinski definition) is 5. The summed E-state index contributed by atoms with van der Waals surface area (Å²) in [6.45, 7) is 0.108. The smallest absolute Gasteiger partial charge is 0.248 e. The van der Waals surface area contributed by atoms with Gasteiger partial charge in [0.2, 0.25) is 18.5 Å². The summed E-state index contributed by atoms with van der Waals surface area (Å²) in [6.07, 6.45) is 2.97. The van der Waals surface area contributed by atoms with Crippen LogP contribution in [0.5, 0.6) is 11.5 Å². The van der Waals surface area contributed by atoms with Crippen LogP contribution < -0.4 is 14.8 Å². The molecule has 1 aliphatic rings. The van der Waals surface area contributed by atoms with Gasteiger partial charge in [0.15, 0.2) is 17.3 Å². The minimum atomic E-state index is -0.420. The molecule has 1 amide bonds. The van der Waals surface area contributed by atoms with Crippen LogP contribution in [0.4, 0.5) is 5.69 Å². The molecule has 0 spiro atoms. The van der Waals surface area contributed by atoms with Gasteiger partial charge in [-0.15, -0.1) is 0 Å². The maximum absolute atomic E-state index is 13.3. The lowest BCUT2D eigenvalue weighted by molar-refractivity contribution is -0.111. The second-order valence-corrected chi connectivity index (χ2v) is 7.45. The highest BCUT2D eigenvalue weighted by molar-refractivity contribution is 6.32. The highest BCUT2D eigenvalue weighted by atomic mass is 35.5. The third kappa shape index (κ3) is 3.72. The van der Waals surface area contributed by atoms with Crippen molar-refractivity contribution in [2.75, 3.05) is 12.1 Å². The summed E-state index contributed by atoms with van der Waals surface area (Å²) in [4.78, 5) is 25.9. The molecule has 4 aromatic rings. The van der Waals surface area contributed by atoms with E-state index in [1.807, 2.05) is 18.2 Å². The third-order valence-electron chi connectivity index (χ3n) is 5.00. The molecule has 0 atom stereocenters. The predicted molar refractivity (Wildman–Crippen MR) is 121 cm³/mol. The molecule has 0 unspecified atom stereocenters. The molecule has 7 heteroatoms. The molecular formula is C25H16ClNO5. The van der Waals surface area contributed by atoms with Crippen LogP contribution in [-0.4, -0.2) is 18.5 Å². The van der Waals surface area contributed by atoms with Crippen molar-refractivity contribution < 1.29 is 23.5 Å². The molecule has 3 aromatic carbocycles. The molecule has 1 aromatic heterocycles. The van der Waals surface area contributed by atoms with Crippen molar-refractivity contribution in [3.8, 4) is 11.5 Å². The predicted octanol–water partition coefficient (Wildman–Crippen LogP) is 5.70. The van der Waals surface area contributed by atoms with E-state index in [0.29, 0.717) is 44.3 Å². The highest BCUT2D eigenvalue weighted by Crippen LogP contribution is 2.36. The Hall–Kier alpha value is -4.03. The molecule has 6 nitrogen and oxygen atoms in total. The summed E-state index contributed by atoms with van der Waals surface area (Å²) in [5, 5.41) is 3.94. The molecule has 0 saturated carbocycles. The van der Waals surface area contributed by atoms with Crippen LogP contribution in [0.25, 0.3) is 17.0 Å². The number of furan rings is 1. The van der Waals surface area contributed by atoms with Gasteiger partial charge in [0, 0.05) is 22.0 Å². The van der Waals surface area contributed by atoms with Crippen molar-refractivity contribution in [2.24, 2.45) is 0 Å². The quantitative estimate of drug-likeness (QED) is 0.315. The first-order chi connectivity index (χ1) is 15.6. The summed E-state index contributed by atoms with van der Waals surface area (Å²) >= 11 is 6.14. The lowest BCUT2D eigenvalue weighted by Crippen LogP contribution is -2.11. The van der Waals surface area contributed by atoms with Crippen LogP contribution in [0.3, 0.4) is 0 Å². The van der Waals surface area contributed by atoms with Crippen LogP contribution in [0.2, 0.25) is 5.02 Å². The lowest BCUT2D eigenvalue weighted by Gasteiger charge is -2.05. The van der Waals surface area contributed by atoms with E-state index in [-0.39, 0.29) is 18.3 Å². The number of amides is 1. The van der Waals surface area contributed by atoms with Gasteiger partial charge in [0.25, 0.3) is 0 Å². The summed E-state index contributed by atoms with van der Waals surface area (Å²) < 4.78 is 16.5. The molecule has 32 heavy (non-hydrogen) atoms. The molecule has 158 valence electrons. The van der Waals surface area contributed by atoms with Crippen molar-refractivity contribution >= 4 is 46.0 Å². The first kappa shape index (κ1) is 19.9. The summed E-state index contributed by atoms with van der Waals surface area (Å²) in [5.41, 5.74) is 1.85. The summed E-state index contributed by atoms with van der Waals surface area (Å²) in [7, 11) is 0. The number of halogens is 1. The van der Waals surface area contributed by atoms with Crippen molar-refractivity contribution in [2.45, 2.75) is 0 Å². The molecular weight excluding hydrogens is 430 g/mol. The number of fused-ring (bicyclic) bond motifs is 2. The topological polar surface area (TPSA) is 77.8 Å². The number of ketones is 1. The summed E-state index contributed by atoms with van der Waals surface area (Å²) in [6, 6.07) is 19.2. The van der Waals surface area contributed by atoms with Crippen LogP contribution >= 0.6 is 11.6 Å². The molecule has 0 fully saturated rings. The molecule has 0 bridgehead atoms. The number of nitrogens with one attached hydrogen (secondary N) is 1. The number of rotatable bonds is 5. The second-order valence-electron chi connectivity index (χ2n) is 7.04. The number of anilines is 1. The van der Waals surface area contributed by atoms with Gasteiger partial charge < -0.3 is 19.2 Å². The van der Waals surface area contributed by atoms with Crippen LogP contribution in [-0.2, 0) is 4.79 Å². The molecule has 0 radical (unpaired) electrons. The van der Waals surface area contributed by atoms with Gasteiger partial charge in [-0.2, -0.15) is 0 Å². The average molecular weight is 446 g/mol. The zero-order valence-corrected chi connectivity index (χ0v) is 17.4. The Morgan fingerprint density at radius 2 is 1.72 bits per heavy atom. The Labute approximate surface area is 188 Å². The molecule has 1 N–H and O–H groups in total. The summed E-state index contributed by atoms with van der Waals surface area (Å²) in [5.74, 6) is 0.287. The Balaban J connectivity index is 1.49. The Kier molecular flexibility index (Phi) is 5.13. The standard InChI is InChI=1S/C25H16ClNO5/c26-18-7-3-1-5-15(18)10-12-22(28)27-23-17-6-2-4-8-19(17)32-25(23)24(29)16-9-11-20-21(13-16)31-14-30-20/h1-13H,14H2,(H,27,28)/b12-10+. The van der Waals surface area contributed by atoms with Gasteiger partial charge in [-0.1, -0.05) is 41.9 Å². The van der Waals surface area contributed by atoms with E-state index in [0.717, 1.165) is 0 Å². The van der Waals surface area contributed by atoms with Crippen LogP contribution in [0.15, 0.2) is 77.2 Å². The van der Waals surface area contributed by atoms with E-state index in [2.05, 4.69) is 5.32 Å². The Morgan fingerprint density at radius 1 is 0.938 bits per heavy atom. The van der Waals surface area contributed by atoms with E-state index < -0.39 is 5.91 Å². The minimum Gasteiger partial charge on any atom is -0.454 e. The monoisotopic (exact) mass is 445 g/mol. The van der Waals surface area contributed by atoms with E-state index in [4.69, 9.17) is 25.5 Å². The SMILES string of the molecule is O=C(/C=C/c1ccccc1Cl)Nc1c(C(=O)c2ccc3c(c2)OCO3)oc2ccccc12. The molecule has 0 saturated heterocycles. The fraction of sp³-hybridized carbons (Fsp3) is 0.0400. The average Bonchev–Trinajstić information content (AvgIpc) is 3.42. The molecule has 5 rings (SSSR count). The first-order valence-electron chi connectivity index (χ1n) is 9.79. The zero-order chi connectivity index (χ0) is 22.1. The van der Waals surface area contributed by atoms with Gasteiger partial charge in [0.05, 0.1) is 5.69 Å². The fourth-order valence-corrected chi connectivity index (χ4v) is 3.64. The van der Waals surface area contributed by atoms with Gasteiger partial charge >= 0.3 is 0 Å². The number of carbonyl (C=O) groups is 2. The van der Waals surface area contributed by atoms with Crippen molar-refractivity contribution in [3.63, 3.8) is 0 Å². The van der Waals surface area contributed by atoms with E-state index >= 15 is 0 Å². The van der Waals surface area contributed by atoms with Gasteiger partial charge in [0.1, 0.15) is 5.58 Å². The largest absolute Gasteiger partial charge is 0.454 e.